The molecule has 0 saturated carbocycles. The predicted octanol–water partition coefficient (Wildman–Crippen LogP) is 3.24. The summed E-state index contributed by atoms with van der Waals surface area (Å²) in [4.78, 5) is 10.1. The van der Waals surface area contributed by atoms with Crippen molar-refractivity contribution in [3.05, 3.63) is 89.1 Å². The second-order valence-electron chi connectivity index (χ2n) is 8.82. The number of hydrazine groups is 1. The molecular weight excluding hydrogens is 640 g/mol. The van der Waals surface area contributed by atoms with Gasteiger partial charge in [-0.1, -0.05) is 18.2 Å². The van der Waals surface area contributed by atoms with Gasteiger partial charge < -0.3 is 9.15 Å². The number of thiazole rings is 1. The van der Waals surface area contributed by atoms with Crippen LogP contribution in [0.5, 0.6) is 5.75 Å². The standard InChI is InChI=1S/C24H18F4N6O6S3/c1-43(37,38)23(15-4-6-16(7-5-15)40-24(26,27)28,21-33-32-20(39-21)12-30-34-42(35)36)22-31-17-8-2-13(10-18(17)41-22)14-3-9-19(25)29-11-14/h2-11,30,42H,12H2,1H3,(H,34,35,36). The van der Waals surface area contributed by atoms with Crippen LogP contribution in [0.3, 0.4) is 0 Å². The van der Waals surface area contributed by atoms with Crippen LogP contribution in [0.25, 0.3) is 21.3 Å². The van der Waals surface area contributed by atoms with Crippen molar-refractivity contribution in [2.45, 2.75) is 17.7 Å². The maximum atomic E-state index is 13.8. The Kier molecular flexibility index (Phi) is 8.18. The summed E-state index contributed by atoms with van der Waals surface area (Å²) < 4.78 is 109. The fraction of sp³-hybridized carbons (Fsp3) is 0.167. The first-order chi connectivity index (χ1) is 20.3. The molecule has 0 aliphatic rings. The van der Waals surface area contributed by atoms with Gasteiger partial charge in [0.1, 0.15) is 10.8 Å². The van der Waals surface area contributed by atoms with Crippen molar-refractivity contribution < 1.29 is 43.6 Å². The summed E-state index contributed by atoms with van der Waals surface area (Å²) in [5, 5.41) is 7.66. The number of aromatic nitrogens is 4. The van der Waals surface area contributed by atoms with Crippen molar-refractivity contribution in [1.82, 2.24) is 30.4 Å². The molecule has 43 heavy (non-hydrogen) atoms. The first-order valence-corrected chi connectivity index (χ1v) is 15.7. The number of nitrogens with zero attached hydrogens (tertiary/aromatic N) is 4. The molecule has 5 rings (SSSR count). The second kappa shape index (κ2) is 11.6. The van der Waals surface area contributed by atoms with Gasteiger partial charge in [0.2, 0.25) is 33.4 Å². The highest BCUT2D eigenvalue weighted by Crippen LogP contribution is 2.46. The molecule has 1 unspecified atom stereocenters. The molecule has 226 valence electrons. The van der Waals surface area contributed by atoms with E-state index in [4.69, 9.17) is 4.42 Å². The van der Waals surface area contributed by atoms with Crippen LogP contribution in [-0.4, -0.2) is 49.6 Å². The minimum Gasteiger partial charge on any atom is -0.421 e. The summed E-state index contributed by atoms with van der Waals surface area (Å²) in [6.45, 7) is -0.330. The number of ether oxygens (including phenoxy) is 1. The van der Waals surface area contributed by atoms with E-state index in [-0.39, 0.29) is 23.0 Å². The van der Waals surface area contributed by atoms with Gasteiger partial charge in [0.25, 0.3) is 0 Å². The summed E-state index contributed by atoms with van der Waals surface area (Å²) in [5.74, 6) is -1.98. The average Bonchev–Trinajstić information content (AvgIpc) is 3.56. The second-order valence-corrected chi connectivity index (χ2v) is 12.7. The van der Waals surface area contributed by atoms with E-state index in [9.17, 15) is 34.4 Å². The lowest BCUT2D eigenvalue weighted by atomic mass is 9.98. The van der Waals surface area contributed by atoms with Crippen molar-refractivity contribution >= 4 is 42.3 Å². The number of halogens is 4. The van der Waals surface area contributed by atoms with Crippen LogP contribution in [0.1, 0.15) is 22.4 Å². The third-order valence-corrected chi connectivity index (χ3v) is 9.30. The van der Waals surface area contributed by atoms with E-state index in [1.54, 1.807) is 18.2 Å². The van der Waals surface area contributed by atoms with Gasteiger partial charge in [0.05, 0.1) is 16.8 Å². The molecule has 19 heteroatoms. The van der Waals surface area contributed by atoms with E-state index < -0.39 is 49.4 Å². The maximum Gasteiger partial charge on any atom is 0.573 e. The number of rotatable bonds is 10. The number of thiol groups is 1. The van der Waals surface area contributed by atoms with E-state index in [0.29, 0.717) is 21.3 Å². The van der Waals surface area contributed by atoms with E-state index >= 15 is 0 Å². The molecule has 3 aromatic heterocycles. The zero-order valence-electron chi connectivity index (χ0n) is 21.5. The molecule has 12 nitrogen and oxygen atoms in total. The fourth-order valence-electron chi connectivity index (χ4n) is 4.21. The van der Waals surface area contributed by atoms with Crippen molar-refractivity contribution in [3.63, 3.8) is 0 Å². The highest BCUT2D eigenvalue weighted by atomic mass is 32.2. The Morgan fingerprint density at radius 3 is 2.37 bits per heavy atom. The van der Waals surface area contributed by atoms with Crippen LogP contribution in [0, 0.1) is 5.95 Å². The molecule has 3 heterocycles. The quantitative estimate of drug-likeness (QED) is 0.0873. The third kappa shape index (κ3) is 6.34. The molecule has 2 aromatic carbocycles. The Balaban J connectivity index is 1.69. The van der Waals surface area contributed by atoms with Crippen LogP contribution in [-0.2, 0) is 32.0 Å². The van der Waals surface area contributed by atoms with Crippen LogP contribution < -0.4 is 15.0 Å². The van der Waals surface area contributed by atoms with E-state index in [1.165, 1.54) is 18.3 Å². The minimum atomic E-state index is -4.99. The summed E-state index contributed by atoms with van der Waals surface area (Å²) >= 11 is 0.946. The summed E-state index contributed by atoms with van der Waals surface area (Å²) in [6, 6.07) is 11.8. The smallest absolute Gasteiger partial charge is 0.421 e. The molecule has 0 saturated heterocycles. The molecule has 2 N–H and O–H groups in total. The lowest BCUT2D eigenvalue weighted by molar-refractivity contribution is -0.274. The van der Waals surface area contributed by atoms with Gasteiger partial charge >= 0.3 is 6.36 Å². The van der Waals surface area contributed by atoms with E-state index in [2.05, 4.69) is 30.3 Å². The van der Waals surface area contributed by atoms with Crippen LogP contribution in [0.15, 0.2) is 65.2 Å². The van der Waals surface area contributed by atoms with Gasteiger partial charge in [-0.25, -0.2) is 32.2 Å². The first-order valence-electron chi connectivity index (χ1n) is 11.8. The number of nitrogens with one attached hydrogen (secondary N) is 2. The molecule has 0 fully saturated rings. The first kappa shape index (κ1) is 30.4. The number of sulfone groups is 1. The number of alkyl halides is 3. The lowest BCUT2D eigenvalue weighted by Gasteiger charge is -2.27. The van der Waals surface area contributed by atoms with Crippen molar-refractivity contribution in [2.75, 3.05) is 6.26 Å². The van der Waals surface area contributed by atoms with Gasteiger partial charge in [-0.3, -0.25) is 0 Å². The fourth-order valence-corrected chi connectivity index (χ4v) is 7.43. The Labute approximate surface area is 245 Å². The van der Waals surface area contributed by atoms with Crippen LogP contribution in [0.2, 0.25) is 0 Å². The molecule has 0 aliphatic carbocycles. The minimum absolute atomic E-state index is 0.0761. The lowest BCUT2D eigenvalue weighted by Crippen LogP contribution is -2.38. The number of fused-ring (bicyclic) bond motifs is 1. The molecule has 0 spiro atoms. The number of benzene rings is 2. The molecule has 0 bridgehead atoms. The molecule has 1 atom stereocenters. The topological polar surface area (TPSA) is 166 Å². The highest BCUT2D eigenvalue weighted by molar-refractivity contribution is 7.92. The summed E-state index contributed by atoms with van der Waals surface area (Å²) in [7, 11) is -7.38. The SMILES string of the molecule is CS(=O)(=O)C(c1ccc(OC(F)(F)F)cc1)(c1nnc(CNN[SH](=O)=O)o1)c1nc2ccc(-c3ccc(F)nc3)cc2s1. The normalized spacial score (nSPS) is 13.8. The van der Waals surface area contributed by atoms with Crippen LogP contribution >= 0.6 is 11.3 Å². The summed E-state index contributed by atoms with van der Waals surface area (Å²) in [5.41, 5.74) is 3.79. The van der Waals surface area contributed by atoms with Crippen molar-refractivity contribution in [2.24, 2.45) is 0 Å². The molecule has 0 aliphatic heterocycles. The van der Waals surface area contributed by atoms with Crippen molar-refractivity contribution in [3.8, 4) is 16.9 Å². The summed E-state index contributed by atoms with van der Waals surface area (Å²) in [6.07, 6.45) is -2.78. The van der Waals surface area contributed by atoms with Gasteiger partial charge in [-0.15, -0.1) is 34.7 Å². The average molecular weight is 659 g/mol. The Morgan fingerprint density at radius 2 is 1.74 bits per heavy atom. The highest BCUT2D eigenvalue weighted by Gasteiger charge is 2.54. The maximum absolute atomic E-state index is 13.8. The van der Waals surface area contributed by atoms with Gasteiger partial charge in [0, 0.05) is 18.0 Å². The Hall–Kier alpha value is -4.04. The van der Waals surface area contributed by atoms with Gasteiger partial charge in [0.15, 0.2) is 9.84 Å². The Bertz CT molecular complexity index is 1950. The number of pyridine rings is 1. The Morgan fingerprint density at radius 1 is 1.02 bits per heavy atom. The largest absolute Gasteiger partial charge is 0.573 e. The van der Waals surface area contributed by atoms with Crippen molar-refractivity contribution in [1.29, 1.82) is 0 Å². The van der Waals surface area contributed by atoms with Crippen LogP contribution in [0.4, 0.5) is 17.6 Å². The zero-order chi connectivity index (χ0) is 31.0. The monoisotopic (exact) mass is 658 g/mol. The molecule has 5 aromatic rings. The zero-order valence-corrected chi connectivity index (χ0v) is 24.0. The third-order valence-electron chi connectivity index (χ3n) is 5.98. The molecular formula is C24H18F4N6O6S3. The van der Waals surface area contributed by atoms with Gasteiger partial charge in [-0.05, 0) is 47.5 Å². The van der Waals surface area contributed by atoms with E-state index in [1.807, 2.05) is 4.83 Å². The van der Waals surface area contributed by atoms with E-state index in [0.717, 1.165) is 41.9 Å². The molecule has 0 amide bonds. The number of hydrogen-bond acceptors (Lipinski definition) is 12. The predicted molar refractivity (Wildman–Crippen MR) is 145 cm³/mol. The van der Waals surface area contributed by atoms with Gasteiger partial charge in [-0.2, -0.15) is 9.22 Å². The number of hydrogen-bond donors (Lipinski definition) is 3. The molecule has 0 radical (unpaired) electrons.